The van der Waals surface area contributed by atoms with E-state index in [1.807, 2.05) is 45.3 Å². The molecule has 1 aromatic carbocycles. The number of benzene rings is 1. The van der Waals surface area contributed by atoms with Crippen molar-refractivity contribution in [3.63, 3.8) is 0 Å². The van der Waals surface area contributed by atoms with Crippen molar-refractivity contribution in [1.29, 1.82) is 0 Å². The maximum atomic E-state index is 5.22. The number of nitrogens with zero attached hydrogens (tertiary/aromatic N) is 4. The van der Waals surface area contributed by atoms with Crippen LogP contribution in [-0.2, 0) is 13.0 Å². The van der Waals surface area contributed by atoms with Gasteiger partial charge in [0.1, 0.15) is 11.6 Å². The fourth-order valence-corrected chi connectivity index (χ4v) is 3.22. The molecule has 0 aliphatic carbocycles. The van der Waals surface area contributed by atoms with Crippen LogP contribution in [0.4, 0.5) is 0 Å². The normalized spacial score (nSPS) is 11.2. The van der Waals surface area contributed by atoms with E-state index in [9.17, 15) is 0 Å². The van der Waals surface area contributed by atoms with Crippen LogP contribution in [0.25, 0.3) is 11.3 Å². The zero-order valence-electron chi connectivity index (χ0n) is 17.4. The number of nitrogens with one attached hydrogen (secondary N) is 2. The Kier molecular flexibility index (Phi) is 8.69. The molecular formula is C21H29IN6O. The molecule has 0 atom stereocenters. The highest BCUT2D eigenvalue weighted by Gasteiger charge is 2.11. The van der Waals surface area contributed by atoms with E-state index in [-0.39, 0.29) is 24.0 Å². The first-order valence-electron chi connectivity index (χ1n) is 9.51. The molecule has 0 aliphatic heterocycles. The number of H-pyrrole nitrogens is 1. The standard InChI is InChI=1S/C21H28N6O.HI/c1-15-18(16(2)28-26-15)11-8-12-23-21(22-3)27(4)14-20-24-13-19(25-20)17-9-6-5-7-10-17;/h5-7,9-10,13H,8,11-12,14H2,1-4H3,(H,22,23)(H,24,25);1H. The lowest BCUT2D eigenvalue weighted by Crippen LogP contribution is -2.39. The molecule has 0 fully saturated rings. The Labute approximate surface area is 189 Å². The molecule has 0 unspecified atom stereocenters. The molecule has 0 spiro atoms. The largest absolute Gasteiger partial charge is 0.361 e. The van der Waals surface area contributed by atoms with Crippen molar-refractivity contribution in [2.75, 3.05) is 20.6 Å². The van der Waals surface area contributed by atoms with E-state index in [1.54, 1.807) is 7.05 Å². The molecule has 2 N–H and O–H groups in total. The zero-order chi connectivity index (χ0) is 19.9. The van der Waals surface area contributed by atoms with Gasteiger partial charge in [-0.3, -0.25) is 4.99 Å². The number of imidazole rings is 1. The summed E-state index contributed by atoms with van der Waals surface area (Å²) in [4.78, 5) is 14.3. The summed E-state index contributed by atoms with van der Waals surface area (Å²) in [5.74, 6) is 2.66. The van der Waals surface area contributed by atoms with Gasteiger partial charge in [-0.15, -0.1) is 24.0 Å². The SMILES string of the molecule is CN=C(NCCCc1c(C)noc1C)N(C)Cc1ncc(-c2ccccc2)[nH]1.I. The van der Waals surface area contributed by atoms with E-state index in [1.165, 1.54) is 5.56 Å². The summed E-state index contributed by atoms with van der Waals surface area (Å²) >= 11 is 0. The minimum Gasteiger partial charge on any atom is -0.361 e. The Bertz CT molecular complexity index is 899. The Morgan fingerprint density at radius 3 is 2.66 bits per heavy atom. The molecular weight excluding hydrogens is 479 g/mol. The first kappa shape index (κ1) is 22.9. The minimum atomic E-state index is 0. The number of aryl methyl sites for hydroxylation is 2. The topological polar surface area (TPSA) is 82.3 Å². The maximum Gasteiger partial charge on any atom is 0.193 e. The first-order chi connectivity index (χ1) is 13.6. The Morgan fingerprint density at radius 1 is 1.24 bits per heavy atom. The van der Waals surface area contributed by atoms with Crippen molar-refractivity contribution in [1.82, 2.24) is 25.3 Å². The number of aromatic amines is 1. The third-order valence-electron chi connectivity index (χ3n) is 4.74. The maximum absolute atomic E-state index is 5.22. The summed E-state index contributed by atoms with van der Waals surface area (Å²) < 4.78 is 5.22. The quantitative estimate of drug-likeness (QED) is 0.219. The number of aromatic nitrogens is 3. The highest BCUT2D eigenvalue weighted by Crippen LogP contribution is 2.16. The van der Waals surface area contributed by atoms with E-state index < -0.39 is 0 Å². The lowest BCUT2D eigenvalue weighted by molar-refractivity contribution is 0.392. The zero-order valence-corrected chi connectivity index (χ0v) is 19.7. The van der Waals surface area contributed by atoms with Crippen molar-refractivity contribution in [2.45, 2.75) is 33.2 Å². The van der Waals surface area contributed by atoms with Crippen LogP contribution in [0.15, 0.2) is 46.0 Å². The lowest BCUT2D eigenvalue weighted by atomic mass is 10.1. The van der Waals surface area contributed by atoms with Crippen LogP contribution in [0.1, 0.15) is 29.3 Å². The average Bonchev–Trinajstić information content (AvgIpc) is 3.30. The molecule has 0 saturated carbocycles. The fraction of sp³-hybridized carbons (Fsp3) is 0.381. The second-order valence-electron chi connectivity index (χ2n) is 6.85. The predicted molar refractivity (Wildman–Crippen MR) is 127 cm³/mol. The second-order valence-corrected chi connectivity index (χ2v) is 6.85. The summed E-state index contributed by atoms with van der Waals surface area (Å²) in [6.07, 6.45) is 3.79. The summed E-state index contributed by atoms with van der Waals surface area (Å²) in [5.41, 5.74) is 4.33. The summed E-state index contributed by atoms with van der Waals surface area (Å²) in [5, 5.41) is 7.42. The summed E-state index contributed by atoms with van der Waals surface area (Å²) in [6, 6.07) is 10.2. The molecule has 0 radical (unpaired) electrons. The van der Waals surface area contributed by atoms with E-state index in [0.29, 0.717) is 6.54 Å². The second kappa shape index (κ2) is 11.0. The number of rotatable bonds is 7. The molecule has 7 nitrogen and oxygen atoms in total. The Hall–Kier alpha value is -2.36. The van der Waals surface area contributed by atoms with Gasteiger partial charge >= 0.3 is 0 Å². The van der Waals surface area contributed by atoms with E-state index >= 15 is 0 Å². The molecule has 0 bridgehead atoms. The van der Waals surface area contributed by atoms with E-state index in [0.717, 1.165) is 53.9 Å². The molecule has 0 aliphatic rings. The van der Waals surface area contributed by atoms with Crippen LogP contribution in [0.3, 0.4) is 0 Å². The minimum absolute atomic E-state index is 0. The average molecular weight is 508 g/mol. The van der Waals surface area contributed by atoms with Gasteiger partial charge < -0.3 is 19.7 Å². The first-order valence-corrected chi connectivity index (χ1v) is 9.51. The number of hydrogen-bond acceptors (Lipinski definition) is 4. The molecule has 8 heteroatoms. The van der Waals surface area contributed by atoms with Crippen LogP contribution in [-0.4, -0.2) is 46.6 Å². The molecule has 3 aromatic rings. The number of hydrogen-bond donors (Lipinski definition) is 2. The van der Waals surface area contributed by atoms with Crippen LogP contribution in [0.2, 0.25) is 0 Å². The van der Waals surface area contributed by atoms with Crippen molar-refractivity contribution in [3.05, 3.63) is 59.4 Å². The monoisotopic (exact) mass is 508 g/mol. The highest BCUT2D eigenvalue weighted by atomic mass is 127. The van der Waals surface area contributed by atoms with Crippen molar-refractivity contribution in [3.8, 4) is 11.3 Å². The van der Waals surface area contributed by atoms with Crippen molar-refractivity contribution >= 4 is 29.9 Å². The van der Waals surface area contributed by atoms with Gasteiger partial charge in [-0.25, -0.2) is 4.98 Å². The number of aliphatic imine (C=N–C) groups is 1. The Balaban J connectivity index is 0.00000300. The fourth-order valence-electron chi connectivity index (χ4n) is 3.22. The smallest absolute Gasteiger partial charge is 0.193 e. The molecule has 29 heavy (non-hydrogen) atoms. The molecule has 3 rings (SSSR count). The van der Waals surface area contributed by atoms with Gasteiger partial charge in [0, 0.05) is 26.2 Å². The van der Waals surface area contributed by atoms with E-state index in [2.05, 4.69) is 42.5 Å². The summed E-state index contributed by atoms with van der Waals surface area (Å²) in [6.45, 7) is 5.42. The third kappa shape index (κ3) is 6.06. The molecule has 2 aromatic heterocycles. The van der Waals surface area contributed by atoms with Crippen LogP contribution in [0.5, 0.6) is 0 Å². The molecule has 0 saturated heterocycles. The molecule has 156 valence electrons. The predicted octanol–water partition coefficient (Wildman–Crippen LogP) is 3.94. The van der Waals surface area contributed by atoms with Crippen molar-refractivity contribution in [2.24, 2.45) is 4.99 Å². The van der Waals surface area contributed by atoms with Crippen LogP contribution < -0.4 is 5.32 Å². The van der Waals surface area contributed by atoms with Gasteiger partial charge in [-0.2, -0.15) is 0 Å². The van der Waals surface area contributed by atoms with Crippen LogP contribution in [0, 0.1) is 13.8 Å². The molecule has 0 amide bonds. The van der Waals surface area contributed by atoms with Gasteiger partial charge in [0.15, 0.2) is 5.96 Å². The van der Waals surface area contributed by atoms with Gasteiger partial charge in [0.25, 0.3) is 0 Å². The van der Waals surface area contributed by atoms with Gasteiger partial charge in [-0.05, 0) is 32.3 Å². The third-order valence-corrected chi connectivity index (χ3v) is 4.74. The van der Waals surface area contributed by atoms with Gasteiger partial charge in [0.05, 0.1) is 24.1 Å². The number of halogens is 1. The van der Waals surface area contributed by atoms with E-state index in [4.69, 9.17) is 4.52 Å². The van der Waals surface area contributed by atoms with Gasteiger partial charge in [0.2, 0.25) is 0 Å². The highest BCUT2D eigenvalue weighted by molar-refractivity contribution is 14.0. The Morgan fingerprint density at radius 2 is 2.00 bits per heavy atom. The number of guanidine groups is 1. The molecule has 2 heterocycles. The van der Waals surface area contributed by atoms with Crippen LogP contribution >= 0.6 is 24.0 Å². The summed E-state index contributed by atoms with van der Waals surface area (Å²) in [7, 11) is 3.80. The van der Waals surface area contributed by atoms with Gasteiger partial charge in [-0.1, -0.05) is 35.5 Å². The van der Waals surface area contributed by atoms with Crippen molar-refractivity contribution < 1.29 is 4.52 Å². The lowest BCUT2D eigenvalue weighted by Gasteiger charge is -2.21.